The number of hydrogen-bond acceptors (Lipinski definition) is 3. The van der Waals surface area contributed by atoms with Crippen molar-refractivity contribution in [2.75, 3.05) is 6.61 Å². The third kappa shape index (κ3) is 5.18. The van der Waals surface area contributed by atoms with Crippen LogP contribution in [0.25, 0.3) is 22.2 Å². The van der Waals surface area contributed by atoms with E-state index in [-0.39, 0.29) is 16.3 Å². The van der Waals surface area contributed by atoms with Crippen LogP contribution in [0.2, 0.25) is 0 Å². The number of aromatic nitrogens is 2. The molecular weight excluding hydrogens is 444 g/mol. The van der Waals surface area contributed by atoms with Crippen LogP contribution in [0.5, 0.6) is 5.75 Å². The zero-order chi connectivity index (χ0) is 24.1. The molecule has 0 unspecified atom stereocenters. The van der Waals surface area contributed by atoms with E-state index in [0.717, 1.165) is 25.3 Å². The van der Waals surface area contributed by atoms with Crippen molar-refractivity contribution in [1.82, 2.24) is 9.97 Å². The predicted molar refractivity (Wildman–Crippen MR) is 122 cm³/mol. The number of fused-ring (bicyclic) bond motifs is 1. The SMILES string of the molecule is CCCCCOc1cnc(-c2ccc(C#Cc3ccc4c(F)c(F)c(F)cc4c3)c(F)c2)nc1. The van der Waals surface area contributed by atoms with Gasteiger partial charge in [-0.15, -0.1) is 0 Å². The van der Waals surface area contributed by atoms with Gasteiger partial charge in [0.25, 0.3) is 0 Å². The lowest BCUT2D eigenvalue weighted by atomic mass is 10.1. The van der Waals surface area contributed by atoms with Gasteiger partial charge in [0, 0.05) is 16.5 Å². The van der Waals surface area contributed by atoms with Gasteiger partial charge in [-0.3, -0.25) is 0 Å². The average molecular weight is 464 g/mol. The Balaban J connectivity index is 1.51. The highest BCUT2D eigenvalue weighted by Crippen LogP contribution is 2.24. The minimum Gasteiger partial charge on any atom is -0.490 e. The van der Waals surface area contributed by atoms with Crippen LogP contribution in [0.4, 0.5) is 17.6 Å². The third-order valence-corrected chi connectivity index (χ3v) is 5.19. The van der Waals surface area contributed by atoms with Gasteiger partial charge in [0.15, 0.2) is 29.0 Å². The molecule has 0 aliphatic rings. The van der Waals surface area contributed by atoms with Gasteiger partial charge in [-0.1, -0.05) is 37.7 Å². The Bertz CT molecular complexity index is 1390. The quantitative estimate of drug-likeness (QED) is 0.136. The van der Waals surface area contributed by atoms with Gasteiger partial charge in [-0.05, 0) is 48.2 Å². The van der Waals surface area contributed by atoms with Crippen LogP contribution in [-0.2, 0) is 0 Å². The molecule has 0 spiro atoms. The van der Waals surface area contributed by atoms with Gasteiger partial charge < -0.3 is 4.74 Å². The molecule has 1 heterocycles. The molecule has 4 rings (SSSR count). The lowest BCUT2D eigenvalue weighted by Gasteiger charge is -2.06. The number of hydrogen-bond donors (Lipinski definition) is 0. The highest BCUT2D eigenvalue weighted by molar-refractivity contribution is 5.84. The molecule has 0 bridgehead atoms. The second-order valence-corrected chi connectivity index (χ2v) is 7.66. The number of halogens is 4. The summed E-state index contributed by atoms with van der Waals surface area (Å²) in [6, 6.07) is 9.53. The first-order valence-corrected chi connectivity index (χ1v) is 10.8. The van der Waals surface area contributed by atoms with Gasteiger partial charge >= 0.3 is 0 Å². The van der Waals surface area contributed by atoms with E-state index in [9.17, 15) is 17.6 Å². The minimum absolute atomic E-state index is 0.0580. The molecule has 0 atom stereocenters. The molecule has 1 aromatic heterocycles. The Morgan fingerprint density at radius 1 is 0.824 bits per heavy atom. The van der Waals surface area contributed by atoms with E-state index in [4.69, 9.17) is 4.74 Å². The van der Waals surface area contributed by atoms with Crippen molar-refractivity contribution >= 4 is 10.8 Å². The number of unbranched alkanes of at least 4 members (excludes halogenated alkanes) is 2. The highest BCUT2D eigenvalue weighted by atomic mass is 19.2. The number of nitrogens with zero attached hydrogens (tertiary/aromatic N) is 2. The van der Waals surface area contributed by atoms with E-state index in [1.54, 1.807) is 18.5 Å². The molecule has 0 radical (unpaired) electrons. The van der Waals surface area contributed by atoms with Crippen molar-refractivity contribution in [3.8, 4) is 29.0 Å². The Hall–Kier alpha value is -3.92. The molecule has 0 aliphatic heterocycles. The highest BCUT2D eigenvalue weighted by Gasteiger charge is 2.13. The summed E-state index contributed by atoms with van der Waals surface area (Å²) in [7, 11) is 0. The fraction of sp³-hybridized carbons (Fsp3) is 0.185. The summed E-state index contributed by atoms with van der Waals surface area (Å²) >= 11 is 0. The molecule has 0 fully saturated rings. The summed E-state index contributed by atoms with van der Waals surface area (Å²) in [5.41, 5.74) is 1.02. The summed E-state index contributed by atoms with van der Waals surface area (Å²) in [4.78, 5) is 8.47. The van der Waals surface area contributed by atoms with Crippen LogP contribution in [0.3, 0.4) is 0 Å². The molecule has 0 saturated carbocycles. The van der Waals surface area contributed by atoms with Crippen molar-refractivity contribution in [2.24, 2.45) is 0 Å². The first-order valence-electron chi connectivity index (χ1n) is 10.8. The smallest absolute Gasteiger partial charge is 0.195 e. The van der Waals surface area contributed by atoms with Crippen molar-refractivity contribution in [2.45, 2.75) is 26.2 Å². The van der Waals surface area contributed by atoms with Crippen LogP contribution in [-0.4, -0.2) is 16.6 Å². The van der Waals surface area contributed by atoms with Crippen LogP contribution < -0.4 is 4.74 Å². The fourth-order valence-electron chi connectivity index (χ4n) is 3.36. The van der Waals surface area contributed by atoms with Gasteiger partial charge in [0.05, 0.1) is 24.6 Å². The van der Waals surface area contributed by atoms with E-state index in [2.05, 4.69) is 28.7 Å². The fourth-order valence-corrected chi connectivity index (χ4v) is 3.36. The maximum absolute atomic E-state index is 14.6. The first-order chi connectivity index (χ1) is 16.5. The zero-order valence-corrected chi connectivity index (χ0v) is 18.3. The second-order valence-electron chi connectivity index (χ2n) is 7.66. The van der Waals surface area contributed by atoms with Crippen LogP contribution >= 0.6 is 0 Å². The number of rotatable bonds is 6. The molecular formula is C27H20F4N2O. The van der Waals surface area contributed by atoms with Crippen molar-refractivity contribution in [3.05, 3.63) is 89.3 Å². The summed E-state index contributed by atoms with van der Waals surface area (Å²) in [5, 5.41) is 0.103. The van der Waals surface area contributed by atoms with E-state index in [0.29, 0.717) is 29.3 Å². The van der Waals surface area contributed by atoms with Gasteiger partial charge in [0.2, 0.25) is 0 Å². The molecule has 3 aromatic carbocycles. The third-order valence-electron chi connectivity index (χ3n) is 5.19. The van der Waals surface area contributed by atoms with Gasteiger partial charge in [-0.25, -0.2) is 27.5 Å². The lowest BCUT2D eigenvalue weighted by Crippen LogP contribution is -1.99. The molecule has 7 heteroatoms. The molecule has 3 nitrogen and oxygen atoms in total. The minimum atomic E-state index is -1.52. The van der Waals surface area contributed by atoms with E-state index in [1.165, 1.54) is 30.3 Å². The molecule has 0 amide bonds. The van der Waals surface area contributed by atoms with Crippen LogP contribution in [0.1, 0.15) is 37.3 Å². The monoisotopic (exact) mass is 464 g/mol. The molecule has 0 saturated heterocycles. The Morgan fingerprint density at radius 3 is 2.35 bits per heavy atom. The van der Waals surface area contributed by atoms with E-state index < -0.39 is 23.3 Å². The lowest BCUT2D eigenvalue weighted by molar-refractivity contribution is 0.304. The summed E-state index contributed by atoms with van der Waals surface area (Å²) in [6.07, 6.45) is 6.26. The zero-order valence-electron chi connectivity index (χ0n) is 18.3. The molecule has 4 aromatic rings. The molecule has 172 valence electrons. The molecule has 0 N–H and O–H groups in total. The molecule has 0 aliphatic carbocycles. The number of benzene rings is 3. The molecule has 34 heavy (non-hydrogen) atoms. The first kappa shape index (κ1) is 23.2. The predicted octanol–water partition coefficient (Wildman–Crippen LogP) is 6.82. The maximum atomic E-state index is 14.6. The standard InChI is InChI=1S/C27H20F4N2O/c1-2-3-4-11-34-21-15-32-27(33-16-21)19-9-8-18(23(28)13-19)7-5-17-6-10-22-20(12-17)14-24(29)26(31)25(22)30/h6,8-10,12-16H,2-4,11H2,1H3. The second kappa shape index (κ2) is 10.3. The Labute approximate surface area is 194 Å². The largest absolute Gasteiger partial charge is 0.490 e. The van der Waals surface area contributed by atoms with E-state index in [1.807, 2.05) is 0 Å². The summed E-state index contributed by atoms with van der Waals surface area (Å²) in [6.45, 7) is 2.71. The van der Waals surface area contributed by atoms with Crippen molar-refractivity contribution < 1.29 is 22.3 Å². The summed E-state index contributed by atoms with van der Waals surface area (Å²) in [5.74, 6) is 1.76. The van der Waals surface area contributed by atoms with Crippen LogP contribution in [0.15, 0.2) is 54.9 Å². The summed E-state index contributed by atoms with van der Waals surface area (Å²) < 4.78 is 61.0. The van der Waals surface area contributed by atoms with Gasteiger partial charge in [0.1, 0.15) is 5.82 Å². The topological polar surface area (TPSA) is 35.0 Å². The van der Waals surface area contributed by atoms with Crippen molar-refractivity contribution in [3.63, 3.8) is 0 Å². The van der Waals surface area contributed by atoms with E-state index >= 15 is 0 Å². The van der Waals surface area contributed by atoms with Crippen LogP contribution in [0, 0.1) is 35.1 Å². The average Bonchev–Trinajstić information content (AvgIpc) is 2.85. The Kier molecular flexibility index (Phi) is 7.07. The van der Waals surface area contributed by atoms with Gasteiger partial charge in [-0.2, -0.15) is 0 Å². The Morgan fingerprint density at radius 2 is 1.62 bits per heavy atom. The normalized spacial score (nSPS) is 10.7. The van der Waals surface area contributed by atoms with Crippen molar-refractivity contribution in [1.29, 1.82) is 0 Å². The maximum Gasteiger partial charge on any atom is 0.195 e. The number of ether oxygens (including phenoxy) is 1.